The number of hydrogen-bond donors (Lipinski definition) is 2. The SMILES string of the molecule is COc1cccc(CCNc2cc(C(=O)NCCC(C)C)ccn2)c1. The first-order valence-corrected chi connectivity index (χ1v) is 8.69. The maximum absolute atomic E-state index is 12.2. The molecule has 0 spiro atoms. The first kappa shape index (κ1) is 18.8. The lowest BCUT2D eigenvalue weighted by Gasteiger charge is -2.10. The third-order valence-corrected chi connectivity index (χ3v) is 3.88. The number of methoxy groups -OCH3 is 1. The van der Waals surface area contributed by atoms with Gasteiger partial charge in [-0.3, -0.25) is 4.79 Å². The van der Waals surface area contributed by atoms with Crippen LogP contribution < -0.4 is 15.4 Å². The Bertz CT molecular complexity index is 686. The molecule has 5 nitrogen and oxygen atoms in total. The summed E-state index contributed by atoms with van der Waals surface area (Å²) in [6, 6.07) is 11.5. The maximum Gasteiger partial charge on any atom is 0.251 e. The number of rotatable bonds is 9. The summed E-state index contributed by atoms with van der Waals surface area (Å²) in [7, 11) is 1.67. The van der Waals surface area contributed by atoms with Crippen LogP contribution in [0.4, 0.5) is 5.82 Å². The third-order valence-electron chi connectivity index (χ3n) is 3.88. The molecule has 5 heteroatoms. The summed E-state index contributed by atoms with van der Waals surface area (Å²) in [4.78, 5) is 16.4. The molecule has 0 aliphatic heterocycles. The van der Waals surface area contributed by atoms with Gasteiger partial charge in [0.05, 0.1) is 7.11 Å². The van der Waals surface area contributed by atoms with Crippen molar-refractivity contribution in [3.63, 3.8) is 0 Å². The first-order chi connectivity index (χ1) is 12.1. The summed E-state index contributed by atoms with van der Waals surface area (Å²) in [5.41, 5.74) is 1.82. The first-order valence-electron chi connectivity index (χ1n) is 8.69. The average molecular weight is 341 g/mol. The zero-order chi connectivity index (χ0) is 18.1. The van der Waals surface area contributed by atoms with Crippen molar-refractivity contribution in [3.05, 3.63) is 53.7 Å². The van der Waals surface area contributed by atoms with Gasteiger partial charge in [0.25, 0.3) is 5.91 Å². The maximum atomic E-state index is 12.2. The molecule has 2 N–H and O–H groups in total. The molecule has 0 unspecified atom stereocenters. The zero-order valence-electron chi connectivity index (χ0n) is 15.2. The van der Waals surface area contributed by atoms with Gasteiger partial charge in [0.2, 0.25) is 0 Å². The van der Waals surface area contributed by atoms with E-state index in [-0.39, 0.29) is 5.91 Å². The van der Waals surface area contributed by atoms with Crippen molar-refractivity contribution in [3.8, 4) is 5.75 Å². The van der Waals surface area contributed by atoms with Gasteiger partial charge in [0, 0.05) is 24.8 Å². The van der Waals surface area contributed by atoms with Crippen LogP contribution in [0.2, 0.25) is 0 Å². The lowest BCUT2D eigenvalue weighted by atomic mass is 10.1. The van der Waals surface area contributed by atoms with Crippen molar-refractivity contribution in [2.45, 2.75) is 26.7 Å². The van der Waals surface area contributed by atoms with E-state index in [1.807, 2.05) is 18.2 Å². The monoisotopic (exact) mass is 341 g/mol. The Labute approximate surface area is 149 Å². The summed E-state index contributed by atoms with van der Waals surface area (Å²) in [6.07, 6.45) is 3.48. The number of carbonyl (C=O) groups excluding carboxylic acids is 1. The minimum atomic E-state index is -0.0566. The predicted octanol–water partition coefficient (Wildman–Crippen LogP) is 3.52. The molecule has 0 saturated carbocycles. The molecule has 0 atom stereocenters. The molecule has 0 radical (unpaired) electrons. The molecule has 0 bridgehead atoms. The highest BCUT2D eigenvalue weighted by molar-refractivity contribution is 5.94. The number of nitrogens with one attached hydrogen (secondary N) is 2. The highest BCUT2D eigenvalue weighted by Crippen LogP contribution is 2.13. The van der Waals surface area contributed by atoms with Gasteiger partial charge in [0.1, 0.15) is 11.6 Å². The molecule has 2 aromatic rings. The quantitative estimate of drug-likeness (QED) is 0.732. The fourth-order valence-electron chi connectivity index (χ4n) is 2.41. The van der Waals surface area contributed by atoms with Crippen LogP contribution >= 0.6 is 0 Å². The van der Waals surface area contributed by atoms with Gasteiger partial charge in [-0.05, 0) is 48.6 Å². The van der Waals surface area contributed by atoms with Crippen LogP contribution in [0.15, 0.2) is 42.6 Å². The summed E-state index contributed by atoms with van der Waals surface area (Å²) < 4.78 is 5.23. The van der Waals surface area contributed by atoms with Crippen molar-refractivity contribution < 1.29 is 9.53 Å². The number of aromatic nitrogens is 1. The molecule has 1 amide bonds. The zero-order valence-corrected chi connectivity index (χ0v) is 15.2. The molecule has 1 aromatic carbocycles. The third kappa shape index (κ3) is 6.45. The standard InChI is InChI=1S/C20H27N3O2/c1-15(2)7-10-23-20(24)17-9-12-22-19(14-17)21-11-8-16-5-4-6-18(13-16)25-3/h4-6,9,12-15H,7-8,10-11H2,1-3H3,(H,21,22)(H,23,24). The molecule has 1 heterocycles. The van der Waals surface area contributed by atoms with E-state index in [9.17, 15) is 4.79 Å². The van der Waals surface area contributed by atoms with E-state index < -0.39 is 0 Å². The van der Waals surface area contributed by atoms with E-state index in [1.54, 1.807) is 25.4 Å². The minimum Gasteiger partial charge on any atom is -0.497 e. The fraction of sp³-hybridized carbons (Fsp3) is 0.400. The summed E-state index contributed by atoms with van der Waals surface area (Å²) in [6.45, 7) is 5.71. The topological polar surface area (TPSA) is 63.2 Å². The number of ether oxygens (including phenoxy) is 1. The average Bonchev–Trinajstić information content (AvgIpc) is 2.62. The van der Waals surface area contributed by atoms with E-state index in [1.165, 1.54) is 5.56 Å². The van der Waals surface area contributed by atoms with E-state index in [2.05, 4.69) is 35.5 Å². The van der Waals surface area contributed by atoms with Crippen LogP contribution in [-0.2, 0) is 6.42 Å². The smallest absolute Gasteiger partial charge is 0.251 e. The highest BCUT2D eigenvalue weighted by atomic mass is 16.5. The Morgan fingerprint density at radius 3 is 2.80 bits per heavy atom. The van der Waals surface area contributed by atoms with Crippen molar-refractivity contribution >= 4 is 11.7 Å². The van der Waals surface area contributed by atoms with Gasteiger partial charge >= 0.3 is 0 Å². The molecule has 2 rings (SSSR count). The van der Waals surface area contributed by atoms with Gasteiger partial charge in [-0.15, -0.1) is 0 Å². The van der Waals surface area contributed by atoms with Gasteiger partial charge < -0.3 is 15.4 Å². The Morgan fingerprint density at radius 1 is 1.20 bits per heavy atom. The number of amides is 1. The fourth-order valence-corrected chi connectivity index (χ4v) is 2.41. The number of anilines is 1. The Morgan fingerprint density at radius 2 is 2.04 bits per heavy atom. The number of pyridine rings is 1. The van der Waals surface area contributed by atoms with Crippen molar-refractivity contribution in [1.82, 2.24) is 10.3 Å². The lowest BCUT2D eigenvalue weighted by Crippen LogP contribution is -2.25. The van der Waals surface area contributed by atoms with E-state index in [0.717, 1.165) is 25.1 Å². The Balaban J connectivity index is 1.85. The van der Waals surface area contributed by atoms with Gasteiger partial charge in [-0.2, -0.15) is 0 Å². The molecular weight excluding hydrogens is 314 g/mol. The normalized spacial score (nSPS) is 10.6. The van der Waals surface area contributed by atoms with Crippen LogP contribution in [0.5, 0.6) is 5.75 Å². The summed E-state index contributed by atoms with van der Waals surface area (Å²) >= 11 is 0. The van der Waals surface area contributed by atoms with E-state index in [0.29, 0.717) is 23.8 Å². The Kier molecular flexibility index (Phi) is 7.26. The Hall–Kier alpha value is -2.56. The second-order valence-electron chi connectivity index (χ2n) is 6.40. The molecule has 0 aliphatic carbocycles. The summed E-state index contributed by atoms with van der Waals surface area (Å²) in [5, 5.41) is 6.21. The molecule has 25 heavy (non-hydrogen) atoms. The highest BCUT2D eigenvalue weighted by Gasteiger charge is 2.07. The molecule has 0 aliphatic rings. The van der Waals surface area contributed by atoms with E-state index >= 15 is 0 Å². The molecule has 1 aromatic heterocycles. The van der Waals surface area contributed by atoms with Crippen molar-refractivity contribution in [2.75, 3.05) is 25.5 Å². The van der Waals surface area contributed by atoms with Crippen LogP contribution in [0.1, 0.15) is 36.2 Å². The van der Waals surface area contributed by atoms with Gasteiger partial charge in [0.15, 0.2) is 0 Å². The number of benzene rings is 1. The number of nitrogens with zero attached hydrogens (tertiary/aromatic N) is 1. The van der Waals surface area contributed by atoms with Gasteiger partial charge in [-0.25, -0.2) is 4.98 Å². The summed E-state index contributed by atoms with van der Waals surface area (Å²) in [5.74, 6) is 2.08. The molecule has 134 valence electrons. The molecule has 0 fully saturated rings. The predicted molar refractivity (Wildman–Crippen MR) is 101 cm³/mol. The van der Waals surface area contributed by atoms with Crippen molar-refractivity contribution in [1.29, 1.82) is 0 Å². The van der Waals surface area contributed by atoms with Crippen LogP contribution in [0.3, 0.4) is 0 Å². The lowest BCUT2D eigenvalue weighted by molar-refractivity contribution is 0.0952. The van der Waals surface area contributed by atoms with Crippen LogP contribution in [0, 0.1) is 5.92 Å². The molecular formula is C20H27N3O2. The van der Waals surface area contributed by atoms with Crippen LogP contribution in [-0.4, -0.2) is 31.1 Å². The largest absolute Gasteiger partial charge is 0.497 e. The van der Waals surface area contributed by atoms with Crippen LogP contribution in [0.25, 0.3) is 0 Å². The van der Waals surface area contributed by atoms with Gasteiger partial charge in [-0.1, -0.05) is 26.0 Å². The second kappa shape index (κ2) is 9.67. The molecule has 0 saturated heterocycles. The minimum absolute atomic E-state index is 0.0566. The van der Waals surface area contributed by atoms with Crippen molar-refractivity contribution in [2.24, 2.45) is 5.92 Å². The number of carbonyl (C=O) groups is 1. The second-order valence-corrected chi connectivity index (χ2v) is 6.40. The number of hydrogen-bond acceptors (Lipinski definition) is 4. The van der Waals surface area contributed by atoms with E-state index in [4.69, 9.17) is 4.74 Å².